The lowest BCUT2D eigenvalue weighted by Crippen LogP contribution is -2.36. The average Bonchev–Trinajstić information content (AvgIpc) is 3.15. The maximum atomic E-state index is 13.9. The van der Waals surface area contributed by atoms with Crippen molar-refractivity contribution in [2.45, 2.75) is 12.8 Å². The van der Waals surface area contributed by atoms with E-state index >= 15 is 0 Å². The van der Waals surface area contributed by atoms with E-state index in [0.717, 1.165) is 67.1 Å². The van der Waals surface area contributed by atoms with E-state index in [1.54, 1.807) is 12.3 Å². The predicted molar refractivity (Wildman–Crippen MR) is 96.4 cm³/mol. The van der Waals surface area contributed by atoms with Crippen molar-refractivity contribution in [3.63, 3.8) is 0 Å². The van der Waals surface area contributed by atoms with Gasteiger partial charge in [0.25, 0.3) is 5.91 Å². The first kappa shape index (κ1) is 15.7. The van der Waals surface area contributed by atoms with Gasteiger partial charge in [0, 0.05) is 49.3 Å². The number of amides is 1. The van der Waals surface area contributed by atoms with Crippen LogP contribution in [0.4, 0.5) is 10.1 Å². The van der Waals surface area contributed by atoms with Crippen molar-refractivity contribution < 1.29 is 9.18 Å². The molecule has 4 rings (SSSR count). The number of hydrogen-bond donors (Lipinski definition) is 0. The largest absolute Gasteiger partial charge is 0.369 e. The summed E-state index contributed by atoms with van der Waals surface area (Å²) in [4.78, 5) is 21.5. The molecule has 2 saturated heterocycles. The zero-order valence-electron chi connectivity index (χ0n) is 13.5. The molecule has 2 fully saturated rings. The Morgan fingerprint density at radius 3 is 2.62 bits per heavy atom. The molecule has 2 aromatic rings. The van der Waals surface area contributed by atoms with Gasteiger partial charge in [0.2, 0.25) is 0 Å². The molecule has 24 heavy (non-hydrogen) atoms. The fraction of sp³-hybridized carbons (Fsp3) is 0.444. The molecule has 1 aromatic carbocycles. The van der Waals surface area contributed by atoms with E-state index in [1.807, 2.05) is 16.7 Å². The van der Waals surface area contributed by atoms with E-state index in [1.165, 1.54) is 12.1 Å². The first-order chi connectivity index (χ1) is 11.7. The topological polar surface area (TPSA) is 36.4 Å². The molecule has 0 unspecified atom stereocenters. The minimum atomic E-state index is -0.289. The summed E-state index contributed by atoms with van der Waals surface area (Å²) in [5, 5.41) is 0.743. The second-order valence-corrected chi connectivity index (χ2v) is 7.51. The first-order valence-corrected chi connectivity index (χ1v) is 9.60. The summed E-state index contributed by atoms with van der Waals surface area (Å²) in [6, 6.07) is 4.63. The molecule has 3 heterocycles. The molecule has 126 valence electrons. The van der Waals surface area contributed by atoms with Crippen LogP contribution in [0.5, 0.6) is 0 Å². The lowest BCUT2D eigenvalue weighted by atomic mass is 10.1. The van der Waals surface area contributed by atoms with Gasteiger partial charge in [-0.3, -0.25) is 9.78 Å². The van der Waals surface area contributed by atoms with Crippen LogP contribution in [0.3, 0.4) is 0 Å². The van der Waals surface area contributed by atoms with Crippen LogP contribution >= 0.6 is 11.8 Å². The third-order valence-electron chi connectivity index (χ3n) is 4.75. The molecule has 2 aliphatic rings. The monoisotopic (exact) mass is 345 g/mol. The van der Waals surface area contributed by atoms with Gasteiger partial charge in [0.15, 0.2) is 0 Å². The van der Waals surface area contributed by atoms with Crippen molar-refractivity contribution in [3.8, 4) is 0 Å². The summed E-state index contributed by atoms with van der Waals surface area (Å²) in [6.45, 7) is 3.35. The highest BCUT2D eigenvalue weighted by atomic mass is 32.2. The van der Waals surface area contributed by atoms with Crippen molar-refractivity contribution >= 4 is 34.3 Å². The maximum Gasteiger partial charge on any atom is 0.257 e. The quantitative estimate of drug-likeness (QED) is 0.838. The van der Waals surface area contributed by atoms with Gasteiger partial charge in [-0.25, -0.2) is 4.39 Å². The van der Waals surface area contributed by atoms with E-state index in [-0.39, 0.29) is 11.7 Å². The molecule has 0 N–H and O–H groups in total. The van der Waals surface area contributed by atoms with E-state index in [0.29, 0.717) is 5.56 Å². The second-order valence-electron chi connectivity index (χ2n) is 6.28. The van der Waals surface area contributed by atoms with Gasteiger partial charge in [0.1, 0.15) is 5.82 Å². The molecular formula is C18H20FN3OS. The fourth-order valence-corrected chi connectivity index (χ4v) is 4.43. The Kier molecular flexibility index (Phi) is 4.31. The normalized spacial score (nSPS) is 18.4. The number of fused-ring (bicyclic) bond motifs is 1. The molecule has 4 nitrogen and oxygen atoms in total. The zero-order chi connectivity index (χ0) is 16.5. The second kappa shape index (κ2) is 6.59. The number of nitrogens with zero attached hydrogens (tertiary/aromatic N) is 3. The van der Waals surface area contributed by atoms with Crippen LogP contribution in [0.15, 0.2) is 24.4 Å². The Bertz CT molecular complexity index is 770. The standard InChI is InChI=1S/C18H20FN3OS/c19-13-3-4-16-14(11-13)17(21-7-9-24-10-8-21)15(12-20-16)18(23)22-5-1-2-6-22/h3-4,11-12H,1-2,5-10H2. The smallest absolute Gasteiger partial charge is 0.257 e. The number of thioether (sulfide) groups is 1. The lowest BCUT2D eigenvalue weighted by Gasteiger charge is -2.31. The summed E-state index contributed by atoms with van der Waals surface area (Å²) >= 11 is 1.91. The molecule has 1 amide bonds. The van der Waals surface area contributed by atoms with Gasteiger partial charge in [-0.1, -0.05) is 0 Å². The lowest BCUT2D eigenvalue weighted by molar-refractivity contribution is 0.0793. The Morgan fingerprint density at radius 2 is 1.88 bits per heavy atom. The van der Waals surface area contributed by atoms with Crippen LogP contribution in [0.25, 0.3) is 10.9 Å². The molecule has 0 radical (unpaired) electrons. The highest BCUT2D eigenvalue weighted by Crippen LogP contribution is 2.33. The van der Waals surface area contributed by atoms with E-state index < -0.39 is 0 Å². The summed E-state index contributed by atoms with van der Waals surface area (Å²) in [5.41, 5.74) is 2.21. The van der Waals surface area contributed by atoms with Crippen LogP contribution in [0.1, 0.15) is 23.2 Å². The molecular weight excluding hydrogens is 325 g/mol. The summed E-state index contributed by atoms with van der Waals surface area (Å²) in [6.07, 6.45) is 3.78. The Balaban J connectivity index is 1.86. The number of anilines is 1. The van der Waals surface area contributed by atoms with Crippen molar-refractivity contribution in [3.05, 3.63) is 35.8 Å². The predicted octanol–water partition coefficient (Wildman–Crippen LogP) is 3.16. The third-order valence-corrected chi connectivity index (χ3v) is 5.70. The maximum absolute atomic E-state index is 13.9. The number of pyridine rings is 1. The number of likely N-dealkylation sites (tertiary alicyclic amines) is 1. The molecule has 0 bridgehead atoms. The van der Waals surface area contributed by atoms with Gasteiger partial charge >= 0.3 is 0 Å². The summed E-state index contributed by atoms with van der Waals surface area (Å²) in [5.74, 6) is 1.79. The molecule has 1 aromatic heterocycles. The first-order valence-electron chi connectivity index (χ1n) is 8.44. The highest BCUT2D eigenvalue weighted by Gasteiger charge is 2.27. The van der Waals surface area contributed by atoms with Crippen molar-refractivity contribution in [1.29, 1.82) is 0 Å². The average molecular weight is 345 g/mol. The van der Waals surface area contributed by atoms with Gasteiger partial charge < -0.3 is 9.80 Å². The van der Waals surface area contributed by atoms with Gasteiger partial charge in [0.05, 0.1) is 16.8 Å². The van der Waals surface area contributed by atoms with Crippen LogP contribution in [-0.4, -0.2) is 53.5 Å². The minimum absolute atomic E-state index is 0.0272. The molecule has 6 heteroatoms. The zero-order valence-corrected chi connectivity index (χ0v) is 14.3. The van der Waals surface area contributed by atoms with Gasteiger partial charge in [-0.15, -0.1) is 0 Å². The number of halogens is 1. The molecule has 2 aliphatic heterocycles. The SMILES string of the molecule is O=C(c1cnc2ccc(F)cc2c1N1CCSCC1)N1CCCC1. The number of carbonyl (C=O) groups is 1. The molecule has 0 spiro atoms. The van der Waals surface area contributed by atoms with Gasteiger partial charge in [-0.05, 0) is 31.0 Å². The summed E-state index contributed by atoms with van der Waals surface area (Å²) < 4.78 is 13.9. The van der Waals surface area contributed by atoms with E-state index in [9.17, 15) is 9.18 Å². The summed E-state index contributed by atoms with van der Waals surface area (Å²) in [7, 11) is 0. The Morgan fingerprint density at radius 1 is 1.12 bits per heavy atom. The van der Waals surface area contributed by atoms with Crippen LogP contribution in [0, 0.1) is 5.82 Å². The number of hydrogen-bond acceptors (Lipinski definition) is 4. The minimum Gasteiger partial charge on any atom is -0.369 e. The van der Waals surface area contributed by atoms with Crippen LogP contribution in [0.2, 0.25) is 0 Å². The molecule has 0 atom stereocenters. The molecule has 0 aliphatic carbocycles. The van der Waals surface area contributed by atoms with E-state index in [2.05, 4.69) is 9.88 Å². The van der Waals surface area contributed by atoms with Crippen molar-refractivity contribution in [2.24, 2.45) is 0 Å². The number of rotatable bonds is 2. The van der Waals surface area contributed by atoms with Crippen molar-refractivity contribution in [1.82, 2.24) is 9.88 Å². The number of aromatic nitrogens is 1. The third kappa shape index (κ3) is 2.83. The van der Waals surface area contributed by atoms with E-state index in [4.69, 9.17) is 0 Å². The Hall–Kier alpha value is -1.82. The van der Waals surface area contributed by atoms with Crippen molar-refractivity contribution in [2.75, 3.05) is 42.6 Å². The number of benzene rings is 1. The van der Waals surface area contributed by atoms with Crippen LogP contribution < -0.4 is 4.90 Å². The van der Waals surface area contributed by atoms with Crippen LogP contribution in [-0.2, 0) is 0 Å². The van der Waals surface area contributed by atoms with Gasteiger partial charge in [-0.2, -0.15) is 11.8 Å². The highest BCUT2D eigenvalue weighted by molar-refractivity contribution is 7.99. The molecule has 0 saturated carbocycles. The Labute approximate surface area is 145 Å². The number of carbonyl (C=O) groups excluding carboxylic acids is 1. The fourth-order valence-electron chi connectivity index (χ4n) is 3.53.